The van der Waals surface area contributed by atoms with E-state index in [1.165, 1.54) is 6.07 Å². The minimum Gasteiger partial charge on any atom is -0.317 e. The van der Waals surface area contributed by atoms with Crippen LogP contribution in [0.3, 0.4) is 0 Å². The number of rotatable bonds is 5. The first-order chi connectivity index (χ1) is 7.15. The van der Waals surface area contributed by atoms with Gasteiger partial charge in [0, 0.05) is 10.5 Å². The van der Waals surface area contributed by atoms with Crippen LogP contribution in [0.1, 0.15) is 25.3 Å². The van der Waals surface area contributed by atoms with E-state index in [1.54, 1.807) is 6.07 Å². The maximum absolute atomic E-state index is 13.1. The lowest BCUT2D eigenvalue weighted by Gasteiger charge is -2.13. The van der Waals surface area contributed by atoms with Gasteiger partial charge in [-0.3, -0.25) is 0 Å². The van der Waals surface area contributed by atoms with Crippen molar-refractivity contribution in [3.05, 3.63) is 34.1 Å². The Kier molecular flexibility index (Phi) is 5.26. The van der Waals surface area contributed by atoms with Crippen molar-refractivity contribution < 1.29 is 4.39 Å². The van der Waals surface area contributed by atoms with E-state index in [0.717, 1.165) is 29.3 Å². The Hall–Kier alpha value is -0.410. The zero-order valence-corrected chi connectivity index (χ0v) is 10.8. The molecule has 0 aliphatic carbocycles. The molecular weight excluding hydrogens is 257 g/mol. The Morgan fingerprint density at radius 3 is 2.67 bits per heavy atom. The molecule has 1 unspecified atom stereocenters. The molecule has 84 valence electrons. The van der Waals surface area contributed by atoms with Crippen LogP contribution in [0.2, 0.25) is 0 Å². The lowest BCUT2D eigenvalue weighted by atomic mass is 10.0. The molecule has 0 saturated heterocycles. The SMILES string of the molecule is CCC(CCc1cc(F)cc(Br)c1)NC. The molecule has 1 atom stereocenters. The van der Waals surface area contributed by atoms with Crippen molar-refractivity contribution >= 4 is 15.9 Å². The number of nitrogens with one attached hydrogen (secondary N) is 1. The summed E-state index contributed by atoms with van der Waals surface area (Å²) in [5, 5.41) is 3.25. The fourth-order valence-electron chi connectivity index (χ4n) is 1.65. The van der Waals surface area contributed by atoms with E-state index < -0.39 is 0 Å². The molecule has 0 aliphatic rings. The average molecular weight is 274 g/mol. The van der Waals surface area contributed by atoms with Gasteiger partial charge in [-0.25, -0.2) is 4.39 Å². The molecule has 0 amide bonds. The summed E-state index contributed by atoms with van der Waals surface area (Å²) in [6.07, 6.45) is 3.06. The number of halogens is 2. The first kappa shape index (κ1) is 12.7. The Morgan fingerprint density at radius 1 is 1.40 bits per heavy atom. The van der Waals surface area contributed by atoms with Gasteiger partial charge in [0.2, 0.25) is 0 Å². The van der Waals surface area contributed by atoms with Gasteiger partial charge in [-0.2, -0.15) is 0 Å². The van der Waals surface area contributed by atoms with Crippen molar-refractivity contribution in [2.75, 3.05) is 7.05 Å². The summed E-state index contributed by atoms with van der Waals surface area (Å²) >= 11 is 3.30. The van der Waals surface area contributed by atoms with Gasteiger partial charge in [0.15, 0.2) is 0 Å². The molecule has 1 aromatic rings. The maximum atomic E-state index is 13.1. The smallest absolute Gasteiger partial charge is 0.124 e. The fraction of sp³-hybridized carbons (Fsp3) is 0.500. The minimum absolute atomic E-state index is 0.170. The van der Waals surface area contributed by atoms with Crippen molar-refractivity contribution in [3.63, 3.8) is 0 Å². The molecule has 0 bridgehead atoms. The van der Waals surface area contributed by atoms with Gasteiger partial charge in [-0.1, -0.05) is 22.9 Å². The normalized spacial score (nSPS) is 12.8. The topological polar surface area (TPSA) is 12.0 Å². The van der Waals surface area contributed by atoms with Crippen molar-refractivity contribution in [1.82, 2.24) is 5.32 Å². The molecule has 0 radical (unpaired) electrons. The summed E-state index contributed by atoms with van der Waals surface area (Å²) in [7, 11) is 1.97. The van der Waals surface area contributed by atoms with E-state index in [2.05, 4.69) is 28.2 Å². The van der Waals surface area contributed by atoms with Gasteiger partial charge in [0.05, 0.1) is 0 Å². The maximum Gasteiger partial charge on any atom is 0.124 e. The zero-order chi connectivity index (χ0) is 11.3. The summed E-state index contributed by atoms with van der Waals surface area (Å²) < 4.78 is 13.9. The first-order valence-corrected chi connectivity index (χ1v) is 6.07. The summed E-state index contributed by atoms with van der Waals surface area (Å²) in [6.45, 7) is 2.16. The zero-order valence-electron chi connectivity index (χ0n) is 9.19. The molecule has 0 spiro atoms. The third-order valence-electron chi connectivity index (χ3n) is 2.60. The van der Waals surface area contributed by atoms with E-state index in [1.807, 2.05) is 13.1 Å². The van der Waals surface area contributed by atoms with Crippen LogP contribution in [0.15, 0.2) is 22.7 Å². The average Bonchev–Trinajstić information content (AvgIpc) is 2.18. The van der Waals surface area contributed by atoms with Gasteiger partial charge in [0.1, 0.15) is 5.82 Å². The molecular formula is C12H17BrFN. The summed E-state index contributed by atoms with van der Waals surface area (Å²) in [6, 6.07) is 5.59. The Balaban J connectivity index is 2.57. The molecule has 1 N–H and O–H groups in total. The van der Waals surface area contributed by atoms with E-state index in [4.69, 9.17) is 0 Å². The Morgan fingerprint density at radius 2 is 2.13 bits per heavy atom. The highest BCUT2D eigenvalue weighted by Gasteiger charge is 2.04. The molecule has 1 rings (SSSR count). The van der Waals surface area contributed by atoms with Gasteiger partial charge in [0.25, 0.3) is 0 Å². The molecule has 1 nitrogen and oxygen atoms in total. The van der Waals surface area contributed by atoms with Crippen LogP contribution in [-0.2, 0) is 6.42 Å². The molecule has 1 aromatic carbocycles. The number of aryl methyl sites for hydroxylation is 1. The van der Waals surface area contributed by atoms with Crippen LogP contribution in [0.25, 0.3) is 0 Å². The second kappa shape index (κ2) is 6.23. The monoisotopic (exact) mass is 273 g/mol. The van der Waals surface area contributed by atoms with E-state index in [9.17, 15) is 4.39 Å². The molecule has 15 heavy (non-hydrogen) atoms. The van der Waals surface area contributed by atoms with Gasteiger partial charge < -0.3 is 5.32 Å². The van der Waals surface area contributed by atoms with Gasteiger partial charge in [-0.15, -0.1) is 0 Å². The van der Waals surface area contributed by atoms with E-state index in [0.29, 0.717) is 6.04 Å². The first-order valence-electron chi connectivity index (χ1n) is 5.28. The molecule has 0 fully saturated rings. The van der Waals surface area contributed by atoms with Crippen LogP contribution in [0.4, 0.5) is 4.39 Å². The van der Waals surface area contributed by atoms with Gasteiger partial charge >= 0.3 is 0 Å². The van der Waals surface area contributed by atoms with Crippen LogP contribution >= 0.6 is 15.9 Å². The van der Waals surface area contributed by atoms with Crippen LogP contribution in [-0.4, -0.2) is 13.1 Å². The van der Waals surface area contributed by atoms with Crippen LogP contribution in [0, 0.1) is 5.82 Å². The fourth-order valence-corrected chi connectivity index (χ4v) is 2.16. The van der Waals surface area contributed by atoms with E-state index in [-0.39, 0.29) is 5.82 Å². The standard InChI is InChI=1S/C12H17BrFN/c1-3-12(15-2)5-4-9-6-10(13)8-11(14)7-9/h6-8,12,15H,3-5H2,1-2H3. The molecule has 3 heteroatoms. The highest BCUT2D eigenvalue weighted by atomic mass is 79.9. The molecule has 0 aromatic heterocycles. The second-order valence-electron chi connectivity index (χ2n) is 3.71. The molecule has 0 saturated carbocycles. The van der Waals surface area contributed by atoms with Crippen molar-refractivity contribution in [3.8, 4) is 0 Å². The minimum atomic E-state index is -0.170. The lowest BCUT2D eigenvalue weighted by Crippen LogP contribution is -2.24. The predicted molar refractivity (Wildman–Crippen MR) is 65.6 cm³/mol. The summed E-state index contributed by atoms with van der Waals surface area (Å²) in [5.74, 6) is -0.170. The number of hydrogen-bond acceptors (Lipinski definition) is 1. The number of hydrogen-bond donors (Lipinski definition) is 1. The lowest BCUT2D eigenvalue weighted by molar-refractivity contribution is 0.508. The van der Waals surface area contributed by atoms with Crippen LogP contribution < -0.4 is 5.32 Å². The predicted octanol–water partition coefficient (Wildman–Crippen LogP) is 3.52. The van der Waals surface area contributed by atoms with Crippen LogP contribution in [0.5, 0.6) is 0 Å². The Bertz CT molecular complexity index is 290. The Labute approximate surface area is 99.2 Å². The second-order valence-corrected chi connectivity index (χ2v) is 4.63. The van der Waals surface area contributed by atoms with Gasteiger partial charge in [-0.05, 0) is 50.1 Å². The highest BCUT2D eigenvalue weighted by Crippen LogP contribution is 2.16. The molecule has 0 heterocycles. The molecule has 0 aliphatic heterocycles. The largest absolute Gasteiger partial charge is 0.317 e. The third-order valence-corrected chi connectivity index (χ3v) is 3.06. The van der Waals surface area contributed by atoms with Crippen molar-refractivity contribution in [2.24, 2.45) is 0 Å². The highest BCUT2D eigenvalue weighted by molar-refractivity contribution is 9.10. The van der Waals surface area contributed by atoms with Crippen molar-refractivity contribution in [1.29, 1.82) is 0 Å². The number of benzene rings is 1. The third kappa shape index (κ3) is 4.31. The van der Waals surface area contributed by atoms with Crippen molar-refractivity contribution in [2.45, 2.75) is 32.2 Å². The van der Waals surface area contributed by atoms with E-state index >= 15 is 0 Å². The summed E-state index contributed by atoms with van der Waals surface area (Å²) in [5.41, 5.74) is 1.05. The quantitative estimate of drug-likeness (QED) is 0.866. The summed E-state index contributed by atoms with van der Waals surface area (Å²) in [4.78, 5) is 0.